The van der Waals surface area contributed by atoms with Crippen LogP contribution in [0.5, 0.6) is 0 Å². The third kappa shape index (κ3) is 1.31. The normalized spacial score (nSPS) is 12.9. The van der Waals surface area contributed by atoms with Gasteiger partial charge < -0.3 is 10.2 Å². The molecule has 0 aliphatic rings. The maximum atomic E-state index is 10.1. The Balaban J connectivity index is 2.77. The summed E-state index contributed by atoms with van der Waals surface area (Å²) in [5.74, 6) is -1.27. The number of nitrogens with zero attached hydrogens (tertiary/aromatic N) is 1. The van der Waals surface area contributed by atoms with E-state index < -0.39 is 12.1 Å². The Labute approximate surface area is 60.8 Å². The topological polar surface area (TPSA) is 70.4 Å². The third-order valence-corrected chi connectivity index (χ3v) is 1.75. The standard InChI is InChI=1S/C5H5NO3S/c7-3(5(8)9)4-6-1-2-10-4/h1-3,7H,(H,8,9). The van der Waals surface area contributed by atoms with E-state index in [1.165, 1.54) is 6.20 Å². The SMILES string of the molecule is O=C(O)C(O)c1nccs1. The highest BCUT2D eigenvalue weighted by molar-refractivity contribution is 7.09. The molecule has 1 heterocycles. The minimum Gasteiger partial charge on any atom is -0.479 e. The van der Waals surface area contributed by atoms with Crippen molar-refractivity contribution in [3.8, 4) is 0 Å². The van der Waals surface area contributed by atoms with Crippen LogP contribution in [0.4, 0.5) is 0 Å². The van der Waals surface area contributed by atoms with E-state index in [4.69, 9.17) is 10.2 Å². The molecule has 2 N–H and O–H groups in total. The summed E-state index contributed by atoms with van der Waals surface area (Å²) in [6.45, 7) is 0. The molecule has 0 fully saturated rings. The van der Waals surface area contributed by atoms with Crippen LogP contribution < -0.4 is 0 Å². The van der Waals surface area contributed by atoms with Crippen LogP contribution in [0.2, 0.25) is 0 Å². The lowest BCUT2D eigenvalue weighted by atomic mass is 10.4. The van der Waals surface area contributed by atoms with Crippen molar-refractivity contribution in [2.24, 2.45) is 0 Å². The molecule has 0 amide bonds. The lowest BCUT2D eigenvalue weighted by Crippen LogP contribution is -2.09. The molecule has 0 saturated carbocycles. The van der Waals surface area contributed by atoms with Crippen molar-refractivity contribution in [1.82, 2.24) is 4.98 Å². The van der Waals surface area contributed by atoms with Gasteiger partial charge in [-0.2, -0.15) is 0 Å². The second-order valence-corrected chi connectivity index (χ2v) is 2.54. The lowest BCUT2D eigenvalue weighted by Gasteiger charge is -1.97. The molecule has 1 rings (SSSR count). The molecule has 0 aromatic carbocycles. The molecule has 1 aromatic heterocycles. The molecule has 1 unspecified atom stereocenters. The molecule has 0 aliphatic carbocycles. The van der Waals surface area contributed by atoms with Crippen LogP contribution in [0.3, 0.4) is 0 Å². The van der Waals surface area contributed by atoms with Crippen molar-refractivity contribution < 1.29 is 15.0 Å². The summed E-state index contributed by atoms with van der Waals surface area (Å²) in [4.78, 5) is 13.7. The first-order valence-electron chi connectivity index (χ1n) is 2.52. The number of thiazole rings is 1. The van der Waals surface area contributed by atoms with Gasteiger partial charge in [-0.15, -0.1) is 11.3 Å². The van der Waals surface area contributed by atoms with E-state index in [0.29, 0.717) is 0 Å². The fraction of sp³-hybridized carbons (Fsp3) is 0.200. The minimum absolute atomic E-state index is 0.215. The summed E-state index contributed by atoms with van der Waals surface area (Å²) in [6.07, 6.45) is -0.0217. The molecule has 5 heteroatoms. The van der Waals surface area contributed by atoms with Gasteiger partial charge in [-0.25, -0.2) is 9.78 Å². The number of hydrogen-bond donors (Lipinski definition) is 2. The van der Waals surface area contributed by atoms with Gasteiger partial charge in [0.05, 0.1) is 0 Å². The van der Waals surface area contributed by atoms with Crippen LogP contribution in [0.25, 0.3) is 0 Å². The summed E-state index contributed by atoms with van der Waals surface area (Å²) >= 11 is 1.12. The number of carbonyl (C=O) groups is 1. The van der Waals surface area contributed by atoms with Gasteiger partial charge in [0, 0.05) is 11.6 Å². The van der Waals surface area contributed by atoms with Gasteiger partial charge in [0.15, 0.2) is 0 Å². The number of carboxylic acids is 1. The van der Waals surface area contributed by atoms with Gasteiger partial charge in [-0.3, -0.25) is 0 Å². The van der Waals surface area contributed by atoms with E-state index in [-0.39, 0.29) is 5.01 Å². The van der Waals surface area contributed by atoms with Gasteiger partial charge in [0.2, 0.25) is 6.10 Å². The molecular formula is C5H5NO3S. The van der Waals surface area contributed by atoms with Gasteiger partial charge in [0.25, 0.3) is 0 Å². The first kappa shape index (κ1) is 7.17. The first-order chi connectivity index (χ1) is 4.72. The van der Waals surface area contributed by atoms with E-state index in [2.05, 4.69) is 4.98 Å². The summed E-state index contributed by atoms with van der Waals surface area (Å²) in [5.41, 5.74) is 0. The average Bonchev–Trinajstić information content (AvgIpc) is 2.36. The highest BCUT2D eigenvalue weighted by atomic mass is 32.1. The van der Waals surface area contributed by atoms with Gasteiger partial charge >= 0.3 is 5.97 Å². The average molecular weight is 159 g/mol. The predicted molar refractivity (Wildman–Crippen MR) is 34.7 cm³/mol. The molecule has 1 aromatic rings. The maximum Gasteiger partial charge on any atom is 0.339 e. The molecule has 0 spiro atoms. The van der Waals surface area contributed by atoms with Crippen LogP contribution in [-0.2, 0) is 4.79 Å². The van der Waals surface area contributed by atoms with Gasteiger partial charge in [-0.05, 0) is 0 Å². The summed E-state index contributed by atoms with van der Waals surface area (Å²) in [6, 6.07) is 0. The number of aromatic nitrogens is 1. The summed E-state index contributed by atoms with van der Waals surface area (Å²) in [7, 11) is 0. The maximum absolute atomic E-state index is 10.1. The molecule has 4 nitrogen and oxygen atoms in total. The van der Waals surface area contributed by atoms with Crippen LogP contribution >= 0.6 is 11.3 Å². The number of aliphatic hydroxyl groups is 1. The zero-order valence-electron chi connectivity index (χ0n) is 4.89. The Bertz CT molecular complexity index is 221. The van der Waals surface area contributed by atoms with Crippen molar-refractivity contribution in [2.75, 3.05) is 0 Å². The zero-order valence-corrected chi connectivity index (χ0v) is 5.71. The Morgan fingerprint density at radius 3 is 2.90 bits per heavy atom. The molecule has 0 aliphatic heterocycles. The van der Waals surface area contributed by atoms with E-state index in [0.717, 1.165) is 11.3 Å². The highest BCUT2D eigenvalue weighted by Crippen LogP contribution is 2.14. The van der Waals surface area contributed by atoms with Crippen LogP contribution in [0.1, 0.15) is 11.1 Å². The monoisotopic (exact) mass is 159 g/mol. The fourth-order valence-electron chi connectivity index (χ4n) is 0.475. The molecule has 10 heavy (non-hydrogen) atoms. The Hall–Kier alpha value is -0.940. The van der Waals surface area contributed by atoms with Crippen molar-refractivity contribution in [2.45, 2.75) is 6.10 Å². The second kappa shape index (κ2) is 2.76. The molecular weight excluding hydrogens is 154 g/mol. The Morgan fingerprint density at radius 1 is 1.80 bits per heavy atom. The number of hydrogen-bond acceptors (Lipinski definition) is 4. The van der Waals surface area contributed by atoms with Crippen LogP contribution in [0.15, 0.2) is 11.6 Å². The van der Waals surface area contributed by atoms with E-state index in [9.17, 15) is 4.79 Å². The van der Waals surface area contributed by atoms with Crippen molar-refractivity contribution in [3.05, 3.63) is 16.6 Å². The smallest absolute Gasteiger partial charge is 0.339 e. The molecule has 0 radical (unpaired) electrons. The molecule has 54 valence electrons. The number of aliphatic hydroxyl groups excluding tert-OH is 1. The first-order valence-corrected chi connectivity index (χ1v) is 3.40. The van der Waals surface area contributed by atoms with E-state index in [1.54, 1.807) is 5.38 Å². The van der Waals surface area contributed by atoms with Crippen LogP contribution in [0, 0.1) is 0 Å². The second-order valence-electron chi connectivity index (χ2n) is 1.61. The number of carboxylic acid groups (broad SMARTS) is 1. The molecule has 0 bridgehead atoms. The van der Waals surface area contributed by atoms with E-state index >= 15 is 0 Å². The minimum atomic E-state index is -1.47. The van der Waals surface area contributed by atoms with Crippen molar-refractivity contribution in [1.29, 1.82) is 0 Å². The molecule has 1 atom stereocenters. The third-order valence-electron chi connectivity index (χ3n) is 0.919. The Kier molecular flexibility index (Phi) is 1.98. The quantitative estimate of drug-likeness (QED) is 0.649. The largest absolute Gasteiger partial charge is 0.479 e. The zero-order chi connectivity index (χ0) is 7.56. The van der Waals surface area contributed by atoms with Crippen LogP contribution in [-0.4, -0.2) is 21.2 Å². The summed E-state index contributed by atoms with van der Waals surface area (Å²) < 4.78 is 0. The van der Waals surface area contributed by atoms with Crippen molar-refractivity contribution >= 4 is 17.3 Å². The van der Waals surface area contributed by atoms with Gasteiger partial charge in [0.1, 0.15) is 5.01 Å². The van der Waals surface area contributed by atoms with E-state index in [1.807, 2.05) is 0 Å². The number of aliphatic carboxylic acids is 1. The van der Waals surface area contributed by atoms with Crippen molar-refractivity contribution in [3.63, 3.8) is 0 Å². The molecule has 0 saturated heterocycles. The highest BCUT2D eigenvalue weighted by Gasteiger charge is 2.17. The predicted octanol–water partition coefficient (Wildman–Crippen LogP) is 0.261. The summed E-state index contributed by atoms with van der Waals surface area (Å²) in [5, 5.41) is 18.9. The fourth-order valence-corrected chi connectivity index (χ4v) is 1.09. The number of rotatable bonds is 2. The Morgan fingerprint density at radius 2 is 2.50 bits per heavy atom. The lowest BCUT2D eigenvalue weighted by molar-refractivity contribution is -0.146. The van der Waals surface area contributed by atoms with Gasteiger partial charge in [-0.1, -0.05) is 0 Å².